The van der Waals surface area contributed by atoms with Crippen LogP contribution in [0.4, 0.5) is 11.6 Å². The maximum absolute atomic E-state index is 4.57. The van der Waals surface area contributed by atoms with E-state index in [1.54, 1.807) is 28.0 Å². The molecule has 1 fully saturated rings. The summed E-state index contributed by atoms with van der Waals surface area (Å²) in [4.78, 5) is 13.2. The van der Waals surface area contributed by atoms with Gasteiger partial charge in [-0.3, -0.25) is 0 Å². The lowest BCUT2D eigenvalue weighted by Crippen LogP contribution is -2.47. The van der Waals surface area contributed by atoms with Crippen LogP contribution in [0.5, 0.6) is 0 Å². The van der Waals surface area contributed by atoms with Crippen molar-refractivity contribution >= 4 is 17.3 Å². The molecule has 4 aromatic heterocycles. The van der Waals surface area contributed by atoms with Crippen LogP contribution in [-0.4, -0.2) is 65.7 Å². The minimum Gasteiger partial charge on any atom is -0.353 e. The van der Waals surface area contributed by atoms with Crippen LogP contribution in [0.15, 0.2) is 49.3 Å². The summed E-state index contributed by atoms with van der Waals surface area (Å²) in [5, 5.41) is 16.6. The maximum atomic E-state index is 4.57. The highest BCUT2D eigenvalue weighted by Crippen LogP contribution is 2.18. The molecule has 10 nitrogen and oxygen atoms in total. The van der Waals surface area contributed by atoms with Crippen molar-refractivity contribution in [2.45, 2.75) is 0 Å². The molecule has 0 N–H and O–H groups in total. The van der Waals surface area contributed by atoms with Gasteiger partial charge in [-0.05, 0) is 18.2 Å². The fraction of sp³-hybridized carbons (Fsp3) is 0.250. The predicted octanol–water partition coefficient (Wildman–Crippen LogP) is 0.427. The molecular weight excluding hydrogens is 332 g/mol. The molecular formula is C16H16N10. The largest absolute Gasteiger partial charge is 0.353 e. The minimum absolute atomic E-state index is 0.750. The van der Waals surface area contributed by atoms with Crippen molar-refractivity contribution in [1.29, 1.82) is 0 Å². The lowest BCUT2D eigenvalue weighted by Gasteiger charge is -2.35. The Bertz CT molecular complexity index is 1020. The Morgan fingerprint density at radius 3 is 2.50 bits per heavy atom. The summed E-state index contributed by atoms with van der Waals surface area (Å²) in [6, 6.07) is 7.76. The quantitative estimate of drug-likeness (QED) is 0.526. The summed E-state index contributed by atoms with van der Waals surface area (Å²) in [7, 11) is 0. The third-order valence-electron chi connectivity index (χ3n) is 4.45. The van der Waals surface area contributed by atoms with Gasteiger partial charge in [0, 0.05) is 44.6 Å². The van der Waals surface area contributed by atoms with Crippen LogP contribution < -0.4 is 9.80 Å². The van der Waals surface area contributed by atoms with E-state index in [9.17, 15) is 0 Å². The molecule has 1 saturated heterocycles. The van der Waals surface area contributed by atoms with Crippen molar-refractivity contribution in [1.82, 2.24) is 39.6 Å². The second-order valence-electron chi connectivity index (χ2n) is 5.98. The van der Waals surface area contributed by atoms with Crippen LogP contribution in [0.1, 0.15) is 0 Å². The third-order valence-corrected chi connectivity index (χ3v) is 4.45. The Morgan fingerprint density at radius 2 is 1.69 bits per heavy atom. The molecule has 1 aliphatic heterocycles. The second-order valence-corrected chi connectivity index (χ2v) is 5.98. The van der Waals surface area contributed by atoms with Crippen LogP contribution in [0.2, 0.25) is 0 Å². The first-order chi connectivity index (χ1) is 12.9. The summed E-state index contributed by atoms with van der Waals surface area (Å²) < 4.78 is 3.43. The van der Waals surface area contributed by atoms with E-state index < -0.39 is 0 Å². The Labute approximate surface area is 148 Å². The van der Waals surface area contributed by atoms with Crippen molar-refractivity contribution in [2.75, 3.05) is 36.0 Å². The van der Waals surface area contributed by atoms with Crippen molar-refractivity contribution in [3.8, 4) is 5.82 Å². The molecule has 130 valence electrons. The van der Waals surface area contributed by atoms with Crippen molar-refractivity contribution < 1.29 is 0 Å². The lowest BCUT2D eigenvalue weighted by atomic mass is 10.3. The highest BCUT2D eigenvalue weighted by molar-refractivity contribution is 5.49. The molecule has 0 aliphatic carbocycles. The van der Waals surface area contributed by atoms with Crippen molar-refractivity contribution in [2.24, 2.45) is 0 Å². The standard InChI is InChI=1S/C16H16N10/c1-4-20-25(5-1)16-10-15(17-11-18-16)24-8-6-23(7-9-24)14-3-2-13-21-19-12-26(13)22-14/h1-5,10-12H,6-9H2. The number of rotatable bonds is 3. The predicted molar refractivity (Wildman–Crippen MR) is 94.4 cm³/mol. The van der Waals surface area contributed by atoms with E-state index in [0.717, 1.165) is 49.3 Å². The van der Waals surface area contributed by atoms with Crippen LogP contribution in [-0.2, 0) is 0 Å². The normalized spacial score (nSPS) is 14.9. The van der Waals surface area contributed by atoms with Gasteiger partial charge < -0.3 is 9.80 Å². The van der Waals surface area contributed by atoms with Crippen LogP contribution >= 0.6 is 0 Å². The number of nitrogens with zero attached hydrogens (tertiary/aromatic N) is 10. The lowest BCUT2D eigenvalue weighted by molar-refractivity contribution is 0.634. The zero-order valence-corrected chi connectivity index (χ0v) is 13.9. The number of piperazine rings is 1. The van der Waals surface area contributed by atoms with E-state index in [1.807, 2.05) is 30.5 Å². The smallest absolute Gasteiger partial charge is 0.177 e. The summed E-state index contributed by atoms with van der Waals surface area (Å²) in [5.74, 6) is 2.60. The Kier molecular flexibility index (Phi) is 3.44. The number of anilines is 2. The molecule has 26 heavy (non-hydrogen) atoms. The summed E-state index contributed by atoms with van der Waals surface area (Å²) >= 11 is 0. The number of hydrogen-bond acceptors (Lipinski definition) is 8. The Balaban J connectivity index is 1.32. The minimum atomic E-state index is 0.750. The van der Waals surface area contributed by atoms with Gasteiger partial charge in [0.2, 0.25) is 0 Å². The van der Waals surface area contributed by atoms with Crippen molar-refractivity contribution in [3.05, 3.63) is 49.3 Å². The highest BCUT2D eigenvalue weighted by Gasteiger charge is 2.20. The first-order valence-corrected chi connectivity index (χ1v) is 8.36. The Hall–Kier alpha value is -3.56. The van der Waals surface area contributed by atoms with Crippen LogP contribution in [0.3, 0.4) is 0 Å². The van der Waals surface area contributed by atoms with Crippen LogP contribution in [0, 0.1) is 0 Å². The molecule has 0 bridgehead atoms. The van der Waals surface area contributed by atoms with Gasteiger partial charge in [-0.2, -0.15) is 9.61 Å². The van der Waals surface area contributed by atoms with Gasteiger partial charge in [0.05, 0.1) is 0 Å². The molecule has 0 atom stereocenters. The molecule has 0 aromatic carbocycles. The molecule has 10 heteroatoms. The molecule has 0 saturated carbocycles. The average molecular weight is 348 g/mol. The monoisotopic (exact) mass is 348 g/mol. The highest BCUT2D eigenvalue weighted by atomic mass is 15.4. The summed E-state index contributed by atoms with van der Waals surface area (Å²) in [5.41, 5.74) is 0.750. The number of fused-ring (bicyclic) bond motifs is 1. The molecule has 5 heterocycles. The fourth-order valence-corrected chi connectivity index (χ4v) is 3.09. The van der Waals surface area contributed by atoms with E-state index in [-0.39, 0.29) is 0 Å². The SMILES string of the molecule is c1cnn(-c2cc(N3CCN(c4ccc5nncn5n4)CC3)ncn2)c1. The van der Waals surface area contributed by atoms with Gasteiger partial charge in [0.15, 0.2) is 11.5 Å². The first-order valence-electron chi connectivity index (χ1n) is 8.36. The Morgan fingerprint density at radius 1 is 0.885 bits per heavy atom. The third kappa shape index (κ3) is 2.61. The number of hydrogen-bond donors (Lipinski definition) is 0. The molecule has 4 aromatic rings. The average Bonchev–Trinajstić information content (AvgIpc) is 3.39. The molecule has 0 spiro atoms. The van der Waals surface area contributed by atoms with Gasteiger partial charge >= 0.3 is 0 Å². The number of aromatic nitrogens is 8. The maximum Gasteiger partial charge on any atom is 0.177 e. The van der Waals surface area contributed by atoms with Crippen LogP contribution in [0.25, 0.3) is 11.5 Å². The zero-order valence-electron chi connectivity index (χ0n) is 13.9. The van der Waals surface area contributed by atoms with Gasteiger partial charge in [-0.25, -0.2) is 14.6 Å². The van der Waals surface area contributed by atoms with E-state index >= 15 is 0 Å². The van der Waals surface area contributed by atoms with Crippen molar-refractivity contribution in [3.63, 3.8) is 0 Å². The molecule has 0 amide bonds. The van der Waals surface area contributed by atoms with Gasteiger partial charge in [0.25, 0.3) is 0 Å². The van der Waals surface area contributed by atoms with E-state index in [0.29, 0.717) is 0 Å². The zero-order chi connectivity index (χ0) is 17.3. The molecule has 0 radical (unpaired) electrons. The van der Waals surface area contributed by atoms with Gasteiger partial charge in [-0.1, -0.05) is 0 Å². The second kappa shape index (κ2) is 6.06. The first kappa shape index (κ1) is 14.8. The summed E-state index contributed by atoms with van der Waals surface area (Å²) in [6.45, 7) is 3.44. The molecule has 0 unspecified atom stereocenters. The summed E-state index contributed by atoms with van der Waals surface area (Å²) in [6.07, 6.45) is 6.81. The van der Waals surface area contributed by atoms with Gasteiger partial charge in [-0.15, -0.1) is 15.3 Å². The molecule has 5 rings (SSSR count). The van der Waals surface area contributed by atoms with E-state index in [4.69, 9.17) is 0 Å². The van der Waals surface area contributed by atoms with E-state index in [1.165, 1.54) is 0 Å². The molecule has 1 aliphatic rings. The van der Waals surface area contributed by atoms with E-state index in [2.05, 4.69) is 40.2 Å². The topological polar surface area (TPSA) is 93.2 Å². The fourth-order valence-electron chi connectivity index (χ4n) is 3.09. The van der Waals surface area contributed by atoms with Gasteiger partial charge in [0.1, 0.15) is 24.3 Å².